The summed E-state index contributed by atoms with van der Waals surface area (Å²) in [5.41, 5.74) is 0.843. The first-order valence-corrected chi connectivity index (χ1v) is 8.81. The Morgan fingerprint density at radius 1 is 1.33 bits per heavy atom. The lowest BCUT2D eigenvalue weighted by Crippen LogP contribution is -2.38. The van der Waals surface area contributed by atoms with E-state index in [-0.39, 0.29) is 17.7 Å². The van der Waals surface area contributed by atoms with Crippen LogP contribution in [0.3, 0.4) is 0 Å². The van der Waals surface area contributed by atoms with Gasteiger partial charge in [0.15, 0.2) is 11.5 Å². The molecule has 0 bridgehead atoms. The molecule has 0 heterocycles. The smallest absolute Gasteiger partial charge is 0.224 e. The van der Waals surface area contributed by atoms with Crippen LogP contribution >= 0.6 is 0 Å². The molecule has 2 rings (SSSR count). The first kappa shape index (κ1) is 18.4. The van der Waals surface area contributed by atoms with E-state index < -0.39 is 0 Å². The lowest BCUT2D eigenvalue weighted by atomic mass is 9.85. The van der Waals surface area contributed by atoms with Crippen molar-refractivity contribution in [3.05, 3.63) is 35.9 Å². The summed E-state index contributed by atoms with van der Waals surface area (Å²) in [7, 11) is 1.51. The zero-order valence-electron chi connectivity index (χ0n) is 14.9. The third-order valence-electron chi connectivity index (χ3n) is 4.51. The zero-order valence-corrected chi connectivity index (χ0v) is 14.9. The van der Waals surface area contributed by atoms with Crippen molar-refractivity contribution in [1.29, 1.82) is 0 Å². The van der Waals surface area contributed by atoms with Crippen molar-refractivity contribution in [3.63, 3.8) is 0 Å². The van der Waals surface area contributed by atoms with E-state index >= 15 is 0 Å². The standard InChI is InChI=1S/C20H29NO3/c1-14(2)4-5-15-6-9-17(10-7-15)21-20(23)13-16-8-11-18(22)19(12-16)24-3/h4-5,8,11-12,14-15,17,22H,6-7,9-10,13H2,1-3H3,(H,21,23)/b5-4-. The average molecular weight is 331 g/mol. The van der Waals surface area contributed by atoms with E-state index in [1.165, 1.54) is 7.11 Å². The summed E-state index contributed by atoms with van der Waals surface area (Å²) in [4.78, 5) is 12.2. The quantitative estimate of drug-likeness (QED) is 0.779. The molecule has 1 amide bonds. The van der Waals surface area contributed by atoms with E-state index in [4.69, 9.17) is 4.74 Å². The third kappa shape index (κ3) is 5.59. The van der Waals surface area contributed by atoms with Gasteiger partial charge >= 0.3 is 0 Å². The normalized spacial score (nSPS) is 21.2. The minimum absolute atomic E-state index is 0.0314. The number of allylic oxidation sites excluding steroid dienone is 2. The van der Waals surface area contributed by atoms with E-state index in [9.17, 15) is 9.90 Å². The van der Waals surface area contributed by atoms with E-state index in [2.05, 4.69) is 31.3 Å². The van der Waals surface area contributed by atoms with Crippen molar-refractivity contribution < 1.29 is 14.6 Å². The van der Waals surface area contributed by atoms with Crippen LogP contribution in [0.1, 0.15) is 45.1 Å². The van der Waals surface area contributed by atoms with Gasteiger partial charge in [0.05, 0.1) is 13.5 Å². The number of amides is 1. The maximum absolute atomic E-state index is 12.2. The molecular formula is C20H29NO3. The second-order valence-electron chi connectivity index (χ2n) is 6.99. The molecule has 0 radical (unpaired) electrons. The SMILES string of the molecule is COc1cc(CC(=O)NC2CCC(/C=C\C(C)C)CC2)ccc1O. The van der Waals surface area contributed by atoms with Crippen LogP contribution in [0.2, 0.25) is 0 Å². The number of phenols is 1. The third-order valence-corrected chi connectivity index (χ3v) is 4.51. The summed E-state index contributed by atoms with van der Waals surface area (Å²) in [5.74, 6) is 1.78. The largest absolute Gasteiger partial charge is 0.504 e. The predicted octanol–water partition coefficient (Wildman–Crippen LogP) is 3.83. The minimum atomic E-state index is 0.0314. The highest BCUT2D eigenvalue weighted by atomic mass is 16.5. The van der Waals surface area contributed by atoms with Crippen molar-refractivity contribution >= 4 is 5.91 Å². The lowest BCUT2D eigenvalue weighted by molar-refractivity contribution is -0.121. The van der Waals surface area contributed by atoms with Crippen LogP contribution in [0, 0.1) is 11.8 Å². The van der Waals surface area contributed by atoms with Crippen molar-refractivity contribution in [2.24, 2.45) is 11.8 Å². The van der Waals surface area contributed by atoms with Crippen LogP contribution in [-0.4, -0.2) is 24.2 Å². The van der Waals surface area contributed by atoms with E-state index in [0.717, 1.165) is 31.2 Å². The van der Waals surface area contributed by atoms with Crippen molar-refractivity contribution in [2.75, 3.05) is 7.11 Å². The number of aromatic hydroxyl groups is 1. The van der Waals surface area contributed by atoms with Gasteiger partial charge in [0.2, 0.25) is 5.91 Å². The van der Waals surface area contributed by atoms with Gasteiger partial charge in [-0.05, 0) is 55.2 Å². The van der Waals surface area contributed by atoms with E-state index in [0.29, 0.717) is 24.0 Å². The molecule has 1 aromatic rings. The first-order valence-electron chi connectivity index (χ1n) is 8.81. The topological polar surface area (TPSA) is 58.6 Å². The maximum Gasteiger partial charge on any atom is 0.224 e. The van der Waals surface area contributed by atoms with Crippen molar-refractivity contribution in [1.82, 2.24) is 5.32 Å². The van der Waals surface area contributed by atoms with Gasteiger partial charge in [-0.15, -0.1) is 0 Å². The average Bonchev–Trinajstić information content (AvgIpc) is 2.56. The Balaban J connectivity index is 1.79. The summed E-state index contributed by atoms with van der Waals surface area (Å²) < 4.78 is 5.08. The molecule has 4 heteroatoms. The molecule has 0 aromatic heterocycles. The number of hydrogen-bond donors (Lipinski definition) is 2. The number of methoxy groups -OCH3 is 1. The second-order valence-corrected chi connectivity index (χ2v) is 6.99. The second kappa shape index (κ2) is 8.76. The molecule has 0 unspecified atom stereocenters. The van der Waals surface area contributed by atoms with Crippen LogP contribution in [0.15, 0.2) is 30.4 Å². The van der Waals surface area contributed by atoms with Crippen LogP contribution in [0.4, 0.5) is 0 Å². The van der Waals surface area contributed by atoms with Crippen LogP contribution in [0.25, 0.3) is 0 Å². The molecule has 0 spiro atoms. The number of rotatable bonds is 6. The summed E-state index contributed by atoms with van der Waals surface area (Å²) in [5, 5.41) is 12.7. The fourth-order valence-corrected chi connectivity index (χ4v) is 3.13. The highest BCUT2D eigenvalue weighted by molar-refractivity contribution is 5.79. The molecule has 132 valence electrons. The highest BCUT2D eigenvalue weighted by Crippen LogP contribution is 2.27. The lowest BCUT2D eigenvalue weighted by Gasteiger charge is -2.27. The van der Waals surface area contributed by atoms with Gasteiger partial charge in [0.25, 0.3) is 0 Å². The number of carbonyl (C=O) groups excluding carboxylic acids is 1. The molecule has 1 aliphatic rings. The number of phenolic OH excluding ortho intramolecular Hbond substituents is 1. The number of carbonyl (C=O) groups is 1. The fourth-order valence-electron chi connectivity index (χ4n) is 3.13. The Hall–Kier alpha value is -1.97. The van der Waals surface area contributed by atoms with Gasteiger partial charge in [-0.25, -0.2) is 0 Å². The Labute approximate surface area is 144 Å². The van der Waals surface area contributed by atoms with Crippen molar-refractivity contribution in [3.8, 4) is 11.5 Å². The molecule has 0 atom stereocenters. The molecule has 1 saturated carbocycles. The van der Waals surface area contributed by atoms with E-state index in [1.54, 1.807) is 18.2 Å². The van der Waals surface area contributed by atoms with E-state index in [1.807, 2.05) is 0 Å². The Bertz CT molecular complexity index is 572. The monoisotopic (exact) mass is 331 g/mol. The Morgan fingerprint density at radius 3 is 2.67 bits per heavy atom. The zero-order chi connectivity index (χ0) is 17.5. The first-order chi connectivity index (χ1) is 11.5. The molecule has 1 fully saturated rings. The molecule has 24 heavy (non-hydrogen) atoms. The number of nitrogens with one attached hydrogen (secondary N) is 1. The number of hydrogen-bond acceptors (Lipinski definition) is 3. The van der Waals surface area contributed by atoms with Gasteiger partial charge in [-0.3, -0.25) is 4.79 Å². The highest BCUT2D eigenvalue weighted by Gasteiger charge is 2.21. The van der Waals surface area contributed by atoms with Gasteiger partial charge in [0, 0.05) is 6.04 Å². The van der Waals surface area contributed by atoms with Crippen molar-refractivity contribution in [2.45, 2.75) is 52.0 Å². The van der Waals surface area contributed by atoms with Crippen LogP contribution in [-0.2, 0) is 11.2 Å². The van der Waals surface area contributed by atoms with Gasteiger partial charge < -0.3 is 15.2 Å². The summed E-state index contributed by atoms with van der Waals surface area (Å²) >= 11 is 0. The summed E-state index contributed by atoms with van der Waals surface area (Å²) in [6.45, 7) is 4.39. The molecule has 0 aliphatic heterocycles. The molecule has 0 saturated heterocycles. The van der Waals surface area contributed by atoms with Gasteiger partial charge in [-0.1, -0.05) is 32.1 Å². The fraction of sp³-hybridized carbons (Fsp3) is 0.550. The maximum atomic E-state index is 12.2. The predicted molar refractivity (Wildman–Crippen MR) is 96.2 cm³/mol. The van der Waals surface area contributed by atoms with Gasteiger partial charge in [-0.2, -0.15) is 0 Å². The molecule has 4 nitrogen and oxygen atoms in total. The molecule has 2 N–H and O–H groups in total. The molecule has 1 aromatic carbocycles. The molecule has 1 aliphatic carbocycles. The molecular weight excluding hydrogens is 302 g/mol. The van der Waals surface area contributed by atoms with Gasteiger partial charge in [0.1, 0.15) is 0 Å². The number of benzene rings is 1. The van der Waals surface area contributed by atoms with Crippen LogP contribution in [0.5, 0.6) is 11.5 Å². The summed E-state index contributed by atoms with van der Waals surface area (Å²) in [6, 6.07) is 5.31. The van der Waals surface area contributed by atoms with Crippen LogP contribution < -0.4 is 10.1 Å². The minimum Gasteiger partial charge on any atom is -0.504 e. The number of ether oxygens (including phenoxy) is 1. The Kier molecular flexibility index (Phi) is 6.71. The Morgan fingerprint density at radius 2 is 2.04 bits per heavy atom. The summed E-state index contributed by atoms with van der Waals surface area (Å²) in [6.07, 6.45) is 9.29.